The molecule has 1 N–H and O–H groups in total. The molecule has 1 unspecified atom stereocenters. The summed E-state index contributed by atoms with van der Waals surface area (Å²) in [5, 5.41) is 0. The van der Waals surface area contributed by atoms with Gasteiger partial charge < -0.3 is 13.9 Å². The standard InChI is InChI=1S/C27H58NO3P/c1-5-7-9-11-13-14-15-16-17-18-20-22-26-31-32(29,30)27-23-25-28(3,4)24-21-19-12-10-8-6-2/h5-27H2,1-4H3/p+1. The number of hydrogen-bond donors (Lipinski definition) is 1. The van der Waals surface area contributed by atoms with E-state index >= 15 is 0 Å². The molecule has 0 bridgehead atoms. The van der Waals surface area contributed by atoms with Crippen LogP contribution in [-0.2, 0) is 9.09 Å². The van der Waals surface area contributed by atoms with Crippen molar-refractivity contribution in [3.8, 4) is 0 Å². The number of rotatable bonds is 25. The second-order valence-electron chi connectivity index (χ2n) is 10.6. The van der Waals surface area contributed by atoms with E-state index in [2.05, 4.69) is 27.9 Å². The average molecular weight is 477 g/mol. The van der Waals surface area contributed by atoms with E-state index in [1.165, 1.54) is 103 Å². The highest BCUT2D eigenvalue weighted by Crippen LogP contribution is 2.42. The molecule has 0 fully saturated rings. The Morgan fingerprint density at radius 3 is 1.44 bits per heavy atom. The van der Waals surface area contributed by atoms with Crippen molar-refractivity contribution in [2.75, 3.05) is 40.0 Å². The monoisotopic (exact) mass is 476 g/mol. The minimum Gasteiger partial charge on any atom is -0.328 e. The average Bonchev–Trinajstić information content (AvgIpc) is 2.73. The normalized spacial score (nSPS) is 14.0. The van der Waals surface area contributed by atoms with E-state index in [-0.39, 0.29) is 0 Å². The van der Waals surface area contributed by atoms with Gasteiger partial charge in [0.1, 0.15) is 0 Å². The molecule has 5 heteroatoms. The smallest absolute Gasteiger partial charge is 0.328 e. The van der Waals surface area contributed by atoms with E-state index in [1.54, 1.807) is 0 Å². The predicted octanol–water partition coefficient (Wildman–Crippen LogP) is 8.72. The van der Waals surface area contributed by atoms with Crippen LogP contribution in [0.3, 0.4) is 0 Å². The molecule has 0 saturated heterocycles. The summed E-state index contributed by atoms with van der Waals surface area (Å²) in [6.07, 6.45) is 24.5. The highest BCUT2D eigenvalue weighted by atomic mass is 31.2. The minimum absolute atomic E-state index is 0.295. The molecule has 0 heterocycles. The van der Waals surface area contributed by atoms with E-state index in [4.69, 9.17) is 4.52 Å². The van der Waals surface area contributed by atoms with Crippen molar-refractivity contribution in [2.24, 2.45) is 0 Å². The van der Waals surface area contributed by atoms with Crippen LogP contribution in [0.1, 0.15) is 136 Å². The Morgan fingerprint density at radius 2 is 0.969 bits per heavy atom. The van der Waals surface area contributed by atoms with Crippen LogP contribution in [0.2, 0.25) is 0 Å². The van der Waals surface area contributed by atoms with Gasteiger partial charge >= 0.3 is 7.60 Å². The van der Waals surface area contributed by atoms with Crippen LogP contribution < -0.4 is 0 Å². The Bertz CT molecular complexity index is 443. The second kappa shape index (κ2) is 21.6. The fraction of sp³-hybridized carbons (Fsp3) is 1.00. The molecule has 1 atom stereocenters. The zero-order valence-corrected chi connectivity index (χ0v) is 23.3. The first-order chi connectivity index (χ1) is 15.3. The largest absolute Gasteiger partial charge is 0.328 e. The summed E-state index contributed by atoms with van der Waals surface area (Å²) in [6, 6.07) is 0. The first kappa shape index (κ1) is 32.1. The maximum absolute atomic E-state index is 12.3. The van der Waals surface area contributed by atoms with E-state index < -0.39 is 7.60 Å². The van der Waals surface area contributed by atoms with Crippen LogP contribution in [0.5, 0.6) is 0 Å². The number of quaternary nitrogens is 1. The first-order valence-corrected chi connectivity index (χ1v) is 15.9. The van der Waals surface area contributed by atoms with Gasteiger partial charge in [-0.25, -0.2) is 0 Å². The van der Waals surface area contributed by atoms with Crippen LogP contribution in [0.4, 0.5) is 0 Å². The van der Waals surface area contributed by atoms with E-state index in [1.807, 2.05) is 0 Å². The first-order valence-electron chi connectivity index (χ1n) is 14.1. The van der Waals surface area contributed by atoms with Gasteiger partial charge in [0.15, 0.2) is 0 Å². The molecule has 32 heavy (non-hydrogen) atoms. The SMILES string of the molecule is CCCCCCCCCCCCCCOP(=O)(O)CCC[N+](C)(C)CCCCCCCC. The third-order valence-electron chi connectivity index (χ3n) is 6.61. The second-order valence-corrected chi connectivity index (χ2v) is 12.6. The lowest BCUT2D eigenvalue weighted by Crippen LogP contribution is -2.41. The summed E-state index contributed by atoms with van der Waals surface area (Å²) in [5.41, 5.74) is 0. The summed E-state index contributed by atoms with van der Waals surface area (Å²) in [7, 11) is 1.06. The Kier molecular flexibility index (Phi) is 21.7. The van der Waals surface area contributed by atoms with E-state index in [9.17, 15) is 9.46 Å². The molecule has 4 nitrogen and oxygen atoms in total. The molecular formula is C27H59NO3P+. The van der Waals surface area contributed by atoms with Gasteiger partial charge in [0.25, 0.3) is 0 Å². The van der Waals surface area contributed by atoms with Gasteiger partial charge in [-0.05, 0) is 19.3 Å². The van der Waals surface area contributed by atoms with E-state index in [0.717, 1.165) is 36.8 Å². The molecule has 0 aliphatic rings. The van der Waals surface area contributed by atoms with Crippen molar-refractivity contribution in [3.63, 3.8) is 0 Å². The fourth-order valence-corrected chi connectivity index (χ4v) is 5.43. The molecule has 0 aliphatic carbocycles. The number of nitrogens with zero attached hydrogens (tertiary/aromatic N) is 1. The lowest BCUT2D eigenvalue weighted by atomic mass is 10.1. The maximum Gasteiger partial charge on any atom is 0.328 e. The zero-order valence-electron chi connectivity index (χ0n) is 22.4. The molecule has 0 aromatic rings. The van der Waals surface area contributed by atoms with Crippen LogP contribution in [0.15, 0.2) is 0 Å². The van der Waals surface area contributed by atoms with Gasteiger partial charge in [-0.2, -0.15) is 0 Å². The van der Waals surface area contributed by atoms with Gasteiger partial charge in [0, 0.05) is 6.42 Å². The molecule has 0 radical (unpaired) electrons. The van der Waals surface area contributed by atoms with Crippen molar-refractivity contribution in [3.05, 3.63) is 0 Å². The van der Waals surface area contributed by atoms with Gasteiger partial charge in [-0.15, -0.1) is 0 Å². The van der Waals surface area contributed by atoms with Gasteiger partial charge in [0.05, 0.1) is 40.0 Å². The molecule has 0 rings (SSSR count). The Morgan fingerprint density at radius 1 is 0.594 bits per heavy atom. The predicted molar refractivity (Wildman–Crippen MR) is 142 cm³/mol. The molecule has 0 saturated carbocycles. The third-order valence-corrected chi connectivity index (χ3v) is 8.08. The van der Waals surface area contributed by atoms with Crippen LogP contribution in [0.25, 0.3) is 0 Å². The number of hydrogen-bond acceptors (Lipinski definition) is 2. The fourth-order valence-electron chi connectivity index (χ4n) is 4.35. The molecule has 0 spiro atoms. The van der Waals surface area contributed by atoms with Gasteiger partial charge in [-0.3, -0.25) is 4.57 Å². The summed E-state index contributed by atoms with van der Waals surface area (Å²) in [6.45, 7) is 7.05. The van der Waals surface area contributed by atoms with Crippen molar-refractivity contribution >= 4 is 7.60 Å². The Balaban J connectivity index is 3.57. The highest BCUT2D eigenvalue weighted by Gasteiger charge is 2.22. The third kappa shape index (κ3) is 23.3. The summed E-state index contributed by atoms with van der Waals surface area (Å²) in [5.74, 6) is 0. The molecular weight excluding hydrogens is 417 g/mol. The maximum atomic E-state index is 12.3. The van der Waals surface area contributed by atoms with Crippen molar-refractivity contribution < 1.29 is 18.5 Å². The van der Waals surface area contributed by atoms with Gasteiger partial charge in [0.2, 0.25) is 0 Å². The Labute approximate surface area is 202 Å². The quantitative estimate of drug-likeness (QED) is 0.0814. The van der Waals surface area contributed by atoms with Crippen molar-refractivity contribution in [1.29, 1.82) is 0 Å². The van der Waals surface area contributed by atoms with Crippen LogP contribution in [-0.4, -0.2) is 49.3 Å². The van der Waals surface area contributed by atoms with Crippen LogP contribution >= 0.6 is 7.60 Å². The highest BCUT2D eigenvalue weighted by molar-refractivity contribution is 7.52. The minimum atomic E-state index is -3.42. The van der Waals surface area contributed by atoms with E-state index in [0.29, 0.717) is 12.8 Å². The lowest BCUT2D eigenvalue weighted by Gasteiger charge is -2.30. The molecule has 194 valence electrons. The van der Waals surface area contributed by atoms with Crippen LogP contribution in [0, 0.1) is 0 Å². The van der Waals surface area contributed by atoms with Gasteiger partial charge in [-0.1, -0.05) is 110 Å². The summed E-state index contributed by atoms with van der Waals surface area (Å²) >= 11 is 0. The topological polar surface area (TPSA) is 46.5 Å². The zero-order chi connectivity index (χ0) is 24.0. The molecule has 0 amide bonds. The lowest BCUT2D eigenvalue weighted by molar-refractivity contribution is -0.890. The van der Waals surface area contributed by atoms with Crippen molar-refractivity contribution in [2.45, 2.75) is 136 Å². The summed E-state index contributed by atoms with van der Waals surface area (Å²) < 4.78 is 18.6. The van der Waals surface area contributed by atoms with Crippen molar-refractivity contribution in [1.82, 2.24) is 0 Å². The Hall–Kier alpha value is 0.110. The summed E-state index contributed by atoms with van der Waals surface area (Å²) in [4.78, 5) is 10.1. The molecule has 0 aromatic carbocycles. The molecule has 0 aliphatic heterocycles. The number of unbranched alkanes of at least 4 members (excludes halogenated alkanes) is 16. The molecule has 0 aromatic heterocycles.